The fraction of sp³-hybridized carbons (Fsp3) is 0.0714. The molecule has 0 saturated heterocycles. The maximum absolute atomic E-state index is 10.6. The molecule has 0 saturated carbocycles. The van der Waals surface area contributed by atoms with Gasteiger partial charge in [0, 0.05) is 21.2 Å². The van der Waals surface area contributed by atoms with E-state index in [9.17, 15) is 4.79 Å². The second-order valence-electron chi connectivity index (χ2n) is 3.71. The molecule has 2 rings (SSSR count). The summed E-state index contributed by atoms with van der Waals surface area (Å²) in [4.78, 5) is 10.6. The number of benzene rings is 2. The molecular weight excluding hydrogens is 271 g/mol. The quantitative estimate of drug-likeness (QED) is 0.777. The lowest BCUT2D eigenvalue weighted by atomic mass is 10.2. The molecule has 4 heteroatoms. The van der Waals surface area contributed by atoms with Crippen molar-refractivity contribution in [1.82, 2.24) is 0 Å². The van der Waals surface area contributed by atoms with Crippen molar-refractivity contribution in [3.8, 4) is 5.75 Å². The number of ether oxygens (including phenoxy) is 1. The Morgan fingerprint density at radius 3 is 2.67 bits per heavy atom. The molecule has 0 radical (unpaired) electrons. The molecule has 2 nitrogen and oxygen atoms in total. The monoisotopic (exact) mass is 280 g/mol. The summed E-state index contributed by atoms with van der Waals surface area (Å²) in [6, 6.07) is 12.2. The molecule has 2 aromatic rings. The Bertz CT molecular complexity index is 567. The predicted octanol–water partition coefficient (Wildman–Crippen LogP) is 4.38. The molecule has 0 aliphatic rings. The molecule has 0 aromatic heterocycles. The van der Waals surface area contributed by atoms with E-state index in [4.69, 9.17) is 27.9 Å². The van der Waals surface area contributed by atoms with Crippen molar-refractivity contribution < 1.29 is 9.53 Å². The van der Waals surface area contributed by atoms with Crippen LogP contribution in [-0.2, 0) is 6.61 Å². The van der Waals surface area contributed by atoms with Crippen molar-refractivity contribution >= 4 is 29.5 Å². The molecule has 0 atom stereocenters. The third-order valence-electron chi connectivity index (χ3n) is 2.40. The first-order valence-corrected chi connectivity index (χ1v) is 6.06. The normalized spacial score (nSPS) is 10.1. The first-order valence-electron chi connectivity index (χ1n) is 5.31. The van der Waals surface area contributed by atoms with E-state index in [1.165, 1.54) is 0 Å². The standard InChI is InChI=1S/C14H10Cl2O2/c15-12-5-4-11(14(16)7-12)9-18-13-3-1-2-10(6-13)8-17/h1-8H,9H2. The average molecular weight is 281 g/mol. The Hall–Kier alpha value is -1.51. The van der Waals surface area contributed by atoms with Crippen molar-refractivity contribution in [3.63, 3.8) is 0 Å². The number of halogens is 2. The zero-order valence-corrected chi connectivity index (χ0v) is 10.9. The minimum atomic E-state index is 0.332. The summed E-state index contributed by atoms with van der Waals surface area (Å²) in [5.41, 5.74) is 1.42. The fourth-order valence-electron chi connectivity index (χ4n) is 1.48. The summed E-state index contributed by atoms with van der Waals surface area (Å²) in [5, 5.41) is 1.15. The minimum absolute atomic E-state index is 0.332. The van der Waals surface area contributed by atoms with Crippen LogP contribution in [0.25, 0.3) is 0 Å². The van der Waals surface area contributed by atoms with E-state index in [-0.39, 0.29) is 0 Å². The Kier molecular flexibility index (Phi) is 4.24. The van der Waals surface area contributed by atoms with Crippen LogP contribution >= 0.6 is 23.2 Å². The van der Waals surface area contributed by atoms with Crippen LogP contribution < -0.4 is 4.74 Å². The highest BCUT2D eigenvalue weighted by atomic mass is 35.5. The van der Waals surface area contributed by atoms with E-state index < -0.39 is 0 Å². The van der Waals surface area contributed by atoms with Gasteiger partial charge in [0.15, 0.2) is 0 Å². The summed E-state index contributed by atoms with van der Waals surface area (Å²) >= 11 is 11.8. The van der Waals surface area contributed by atoms with Crippen molar-refractivity contribution in [3.05, 3.63) is 63.6 Å². The molecule has 0 heterocycles. The van der Waals surface area contributed by atoms with Crippen molar-refractivity contribution in [1.29, 1.82) is 0 Å². The van der Waals surface area contributed by atoms with Crippen molar-refractivity contribution in [2.45, 2.75) is 6.61 Å². The lowest BCUT2D eigenvalue weighted by Gasteiger charge is -2.08. The van der Waals surface area contributed by atoms with Gasteiger partial charge in [0.25, 0.3) is 0 Å². The second kappa shape index (κ2) is 5.89. The average Bonchev–Trinajstić information content (AvgIpc) is 2.38. The van der Waals surface area contributed by atoms with Crippen LogP contribution in [0, 0.1) is 0 Å². The van der Waals surface area contributed by atoms with Crippen LogP contribution in [0.4, 0.5) is 0 Å². The zero-order valence-electron chi connectivity index (χ0n) is 9.40. The minimum Gasteiger partial charge on any atom is -0.489 e. The number of carbonyl (C=O) groups is 1. The van der Waals surface area contributed by atoms with Crippen LogP contribution in [0.15, 0.2) is 42.5 Å². The summed E-state index contributed by atoms with van der Waals surface area (Å²) < 4.78 is 5.57. The molecule has 0 amide bonds. The molecule has 0 N–H and O–H groups in total. The Morgan fingerprint density at radius 1 is 1.11 bits per heavy atom. The van der Waals surface area contributed by atoms with E-state index in [0.29, 0.717) is 28.0 Å². The summed E-state index contributed by atoms with van der Waals surface area (Å²) in [5.74, 6) is 0.630. The lowest BCUT2D eigenvalue weighted by molar-refractivity contribution is 0.112. The predicted molar refractivity (Wildman–Crippen MR) is 72.6 cm³/mol. The number of hydrogen-bond acceptors (Lipinski definition) is 2. The van der Waals surface area contributed by atoms with Gasteiger partial charge in [0.1, 0.15) is 18.6 Å². The smallest absolute Gasteiger partial charge is 0.150 e. The van der Waals surface area contributed by atoms with E-state index in [1.807, 2.05) is 6.07 Å². The van der Waals surface area contributed by atoms with Gasteiger partial charge in [0.05, 0.1) is 0 Å². The summed E-state index contributed by atoms with van der Waals surface area (Å²) in [7, 11) is 0. The maximum atomic E-state index is 10.6. The molecule has 0 aliphatic heterocycles. The third-order valence-corrected chi connectivity index (χ3v) is 2.99. The molecule has 92 valence electrons. The maximum Gasteiger partial charge on any atom is 0.150 e. The highest BCUT2D eigenvalue weighted by Crippen LogP contribution is 2.22. The van der Waals surface area contributed by atoms with Crippen LogP contribution in [0.3, 0.4) is 0 Å². The fourth-order valence-corrected chi connectivity index (χ4v) is 1.94. The van der Waals surface area contributed by atoms with Gasteiger partial charge in [-0.05, 0) is 24.3 Å². The zero-order chi connectivity index (χ0) is 13.0. The van der Waals surface area contributed by atoms with Crippen LogP contribution in [0.1, 0.15) is 15.9 Å². The number of hydrogen-bond donors (Lipinski definition) is 0. The number of rotatable bonds is 4. The highest BCUT2D eigenvalue weighted by Gasteiger charge is 2.03. The highest BCUT2D eigenvalue weighted by molar-refractivity contribution is 6.35. The van der Waals surface area contributed by atoms with Gasteiger partial charge in [0.2, 0.25) is 0 Å². The molecular formula is C14H10Cl2O2. The van der Waals surface area contributed by atoms with E-state index >= 15 is 0 Å². The second-order valence-corrected chi connectivity index (χ2v) is 4.56. The molecule has 0 unspecified atom stereocenters. The first kappa shape index (κ1) is 12.9. The van der Waals surface area contributed by atoms with Crippen LogP contribution in [-0.4, -0.2) is 6.29 Å². The molecule has 0 fully saturated rings. The number of aldehydes is 1. The van der Waals surface area contributed by atoms with Crippen LogP contribution in [0.2, 0.25) is 10.0 Å². The molecule has 0 bridgehead atoms. The van der Waals surface area contributed by atoms with Gasteiger partial charge in [-0.25, -0.2) is 0 Å². The Balaban J connectivity index is 2.08. The van der Waals surface area contributed by atoms with Gasteiger partial charge >= 0.3 is 0 Å². The van der Waals surface area contributed by atoms with Gasteiger partial charge in [-0.3, -0.25) is 4.79 Å². The van der Waals surface area contributed by atoms with Gasteiger partial charge in [-0.2, -0.15) is 0 Å². The van der Waals surface area contributed by atoms with E-state index in [2.05, 4.69) is 0 Å². The van der Waals surface area contributed by atoms with Crippen molar-refractivity contribution in [2.75, 3.05) is 0 Å². The van der Waals surface area contributed by atoms with Gasteiger partial charge < -0.3 is 4.74 Å². The first-order chi connectivity index (χ1) is 8.69. The van der Waals surface area contributed by atoms with Gasteiger partial charge in [-0.1, -0.05) is 41.4 Å². The largest absolute Gasteiger partial charge is 0.489 e. The van der Waals surface area contributed by atoms with E-state index in [1.54, 1.807) is 36.4 Å². The topological polar surface area (TPSA) is 26.3 Å². The third kappa shape index (κ3) is 3.25. The Morgan fingerprint density at radius 2 is 1.94 bits per heavy atom. The molecule has 0 spiro atoms. The molecule has 18 heavy (non-hydrogen) atoms. The SMILES string of the molecule is O=Cc1cccc(OCc2ccc(Cl)cc2Cl)c1. The van der Waals surface area contributed by atoms with Crippen molar-refractivity contribution in [2.24, 2.45) is 0 Å². The van der Waals surface area contributed by atoms with E-state index in [0.717, 1.165) is 11.8 Å². The van der Waals surface area contributed by atoms with Crippen LogP contribution in [0.5, 0.6) is 5.75 Å². The molecule has 2 aromatic carbocycles. The lowest BCUT2D eigenvalue weighted by Crippen LogP contribution is -1.96. The summed E-state index contributed by atoms with van der Waals surface area (Å²) in [6.07, 6.45) is 0.780. The number of carbonyl (C=O) groups excluding carboxylic acids is 1. The molecule has 0 aliphatic carbocycles. The summed E-state index contributed by atoms with van der Waals surface area (Å²) in [6.45, 7) is 0.332. The Labute approximate surface area is 115 Å². The van der Waals surface area contributed by atoms with Gasteiger partial charge in [-0.15, -0.1) is 0 Å².